The van der Waals surface area contributed by atoms with Crippen molar-refractivity contribution in [1.29, 1.82) is 0 Å². The van der Waals surface area contributed by atoms with Crippen molar-refractivity contribution < 1.29 is 9.53 Å². The van der Waals surface area contributed by atoms with Crippen LogP contribution in [0.25, 0.3) is 0 Å². The molecule has 0 saturated heterocycles. The lowest BCUT2D eigenvalue weighted by molar-refractivity contribution is -0.155. The number of hydrogen-bond acceptors (Lipinski definition) is 2. The monoisotopic (exact) mass is 346 g/mol. The molecule has 2 heteroatoms. The van der Waals surface area contributed by atoms with Crippen LogP contribution in [0.5, 0.6) is 0 Å². The Morgan fingerprint density at radius 1 is 0.960 bits per heavy atom. The van der Waals surface area contributed by atoms with Crippen LogP contribution in [0.2, 0.25) is 0 Å². The lowest BCUT2D eigenvalue weighted by Gasteiger charge is -2.60. The number of Topliss-reactive ketones (excluding diaryl/α,β-unsaturated/α-hetero) is 1. The zero-order valence-electron chi connectivity index (χ0n) is 17.1. The van der Waals surface area contributed by atoms with Gasteiger partial charge in [-0.25, -0.2) is 0 Å². The van der Waals surface area contributed by atoms with E-state index in [1.54, 1.807) is 0 Å². The van der Waals surface area contributed by atoms with Crippen LogP contribution in [-0.4, -0.2) is 17.5 Å². The SMILES string of the molecule is CC(C)(C)OC1CCC2(C)C3CCC4(C)C(=O)CCC4C3CC[C@H]2C1. The largest absolute Gasteiger partial charge is 0.373 e. The molecule has 25 heavy (non-hydrogen) atoms. The summed E-state index contributed by atoms with van der Waals surface area (Å²) in [5, 5.41) is 0. The molecule has 4 rings (SSSR count). The highest BCUT2D eigenvalue weighted by Gasteiger charge is 2.60. The van der Waals surface area contributed by atoms with E-state index in [4.69, 9.17) is 4.74 Å². The fourth-order valence-electron chi connectivity index (χ4n) is 7.60. The Bertz CT molecular complexity index is 547. The molecule has 4 aliphatic carbocycles. The van der Waals surface area contributed by atoms with Gasteiger partial charge in [0, 0.05) is 11.8 Å². The van der Waals surface area contributed by atoms with Crippen molar-refractivity contribution in [3.05, 3.63) is 0 Å². The van der Waals surface area contributed by atoms with Gasteiger partial charge in [0.25, 0.3) is 0 Å². The summed E-state index contributed by atoms with van der Waals surface area (Å²) in [4.78, 5) is 12.5. The van der Waals surface area contributed by atoms with Crippen molar-refractivity contribution in [2.24, 2.45) is 34.5 Å². The van der Waals surface area contributed by atoms with Gasteiger partial charge in [0.05, 0.1) is 11.7 Å². The summed E-state index contributed by atoms with van der Waals surface area (Å²) >= 11 is 0. The third kappa shape index (κ3) is 2.82. The molecule has 0 amide bonds. The maximum absolute atomic E-state index is 12.5. The Morgan fingerprint density at radius 3 is 2.44 bits per heavy atom. The third-order valence-electron chi connectivity index (χ3n) is 8.85. The van der Waals surface area contributed by atoms with Gasteiger partial charge in [-0.2, -0.15) is 0 Å². The van der Waals surface area contributed by atoms with Crippen molar-refractivity contribution in [2.45, 2.75) is 104 Å². The van der Waals surface area contributed by atoms with Gasteiger partial charge in [0.1, 0.15) is 5.78 Å². The smallest absolute Gasteiger partial charge is 0.139 e. The van der Waals surface area contributed by atoms with E-state index in [1.807, 2.05) is 0 Å². The van der Waals surface area contributed by atoms with Crippen LogP contribution in [0.3, 0.4) is 0 Å². The molecule has 142 valence electrons. The van der Waals surface area contributed by atoms with Crippen molar-refractivity contribution in [2.75, 3.05) is 0 Å². The summed E-state index contributed by atoms with van der Waals surface area (Å²) < 4.78 is 6.36. The van der Waals surface area contributed by atoms with Crippen LogP contribution < -0.4 is 0 Å². The number of ether oxygens (including phenoxy) is 1. The minimum atomic E-state index is -0.0214. The van der Waals surface area contributed by atoms with Crippen LogP contribution in [-0.2, 0) is 9.53 Å². The summed E-state index contributed by atoms with van der Waals surface area (Å²) in [6.45, 7) is 11.5. The number of rotatable bonds is 1. The third-order valence-corrected chi connectivity index (χ3v) is 8.85. The van der Waals surface area contributed by atoms with Gasteiger partial charge in [-0.05, 0) is 101 Å². The summed E-state index contributed by atoms with van der Waals surface area (Å²) in [5.41, 5.74) is 0.497. The van der Waals surface area contributed by atoms with Crippen molar-refractivity contribution in [3.8, 4) is 0 Å². The fraction of sp³-hybridized carbons (Fsp3) is 0.957. The quantitative estimate of drug-likeness (QED) is 0.601. The fourth-order valence-corrected chi connectivity index (χ4v) is 7.60. The standard InChI is InChI=1S/C23H38O2/c1-21(2,3)25-16-10-12-22(4)15(14-16)6-7-17-18-8-9-20(24)23(18,5)13-11-19(17)22/h15-19H,6-14H2,1-5H3/t15-,16?,17?,18?,19?,22?,23?/m0/s1. The van der Waals surface area contributed by atoms with E-state index in [2.05, 4.69) is 34.6 Å². The molecular weight excluding hydrogens is 308 g/mol. The summed E-state index contributed by atoms with van der Waals surface area (Å²) in [7, 11) is 0. The van der Waals surface area contributed by atoms with Crippen LogP contribution in [0, 0.1) is 34.5 Å². The first kappa shape index (κ1) is 18.0. The van der Waals surface area contributed by atoms with E-state index < -0.39 is 0 Å². The molecule has 7 atom stereocenters. The van der Waals surface area contributed by atoms with E-state index >= 15 is 0 Å². The van der Waals surface area contributed by atoms with Gasteiger partial charge in [-0.1, -0.05) is 13.8 Å². The van der Waals surface area contributed by atoms with Gasteiger partial charge in [-0.3, -0.25) is 4.79 Å². The maximum Gasteiger partial charge on any atom is 0.139 e. The van der Waals surface area contributed by atoms with Gasteiger partial charge in [0.2, 0.25) is 0 Å². The number of carbonyl (C=O) groups is 1. The molecule has 6 unspecified atom stereocenters. The highest BCUT2D eigenvalue weighted by molar-refractivity contribution is 5.87. The molecule has 0 heterocycles. The van der Waals surface area contributed by atoms with Gasteiger partial charge in [0.15, 0.2) is 0 Å². The van der Waals surface area contributed by atoms with Crippen LogP contribution in [0.15, 0.2) is 0 Å². The molecule has 4 saturated carbocycles. The Labute approximate surface area is 154 Å². The second-order valence-electron chi connectivity index (χ2n) is 11.2. The number of ketones is 1. The minimum absolute atomic E-state index is 0.0214. The van der Waals surface area contributed by atoms with Crippen molar-refractivity contribution in [3.63, 3.8) is 0 Å². The minimum Gasteiger partial charge on any atom is -0.373 e. The topological polar surface area (TPSA) is 26.3 Å². The maximum atomic E-state index is 12.5. The average molecular weight is 347 g/mol. The predicted molar refractivity (Wildman–Crippen MR) is 101 cm³/mol. The van der Waals surface area contributed by atoms with E-state index in [1.165, 1.54) is 44.9 Å². The summed E-state index contributed by atoms with van der Waals surface area (Å²) in [5.74, 6) is 3.75. The molecule has 0 aromatic heterocycles. The molecule has 0 spiro atoms. The second-order valence-corrected chi connectivity index (χ2v) is 11.2. The molecular formula is C23H38O2. The molecule has 4 aliphatic rings. The number of carbonyl (C=O) groups excluding carboxylic acids is 1. The number of fused-ring (bicyclic) bond motifs is 5. The Hall–Kier alpha value is -0.370. The number of hydrogen-bond donors (Lipinski definition) is 0. The highest BCUT2D eigenvalue weighted by atomic mass is 16.5. The molecule has 0 radical (unpaired) electrons. The van der Waals surface area contributed by atoms with Crippen molar-refractivity contribution in [1.82, 2.24) is 0 Å². The average Bonchev–Trinajstić information content (AvgIpc) is 2.82. The summed E-state index contributed by atoms with van der Waals surface area (Å²) in [6.07, 6.45) is 11.5. The van der Waals surface area contributed by atoms with E-state index in [-0.39, 0.29) is 11.0 Å². The zero-order valence-corrected chi connectivity index (χ0v) is 17.1. The van der Waals surface area contributed by atoms with Gasteiger partial charge < -0.3 is 4.74 Å². The first-order valence-corrected chi connectivity index (χ1v) is 10.8. The second kappa shape index (κ2) is 5.81. The predicted octanol–water partition coefficient (Wildman–Crippen LogP) is 5.78. The highest BCUT2D eigenvalue weighted by Crippen LogP contribution is 2.65. The Morgan fingerprint density at radius 2 is 1.72 bits per heavy atom. The molecule has 0 aromatic rings. The molecule has 0 N–H and O–H groups in total. The Balaban J connectivity index is 1.52. The van der Waals surface area contributed by atoms with E-state index in [0.29, 0.717) is 23.2 Å². The first-order valence-electron chi connectivity index (χ1n) is 10.8. The van der Waals surface area contributed by atoms with Crippen molar-refractivity contribution >= 4 is 5.78 Å². The first-order chi connectivity index (χ1) is 11.6. The van der Waals surface area contributed by atoms with E-state index in [0.717, 1.165) is 30.6 Å². The molecule has 0 aromatic carbocycles. The van der Waals surface area contributed by atoms with Crippen LogP contribution in [0.4, 0.5) is 0 Å². The Kier molecular flexibility index (Phi) is 4.19. The lowest BCUT2D eigenvalue weighted by atomic mass is 9.45. The molecule has 0 aliphatic heterocycles. The zero-order chi connectivity index (χ0) is 18.0. The molecule has 0 bridgehead atoms. The normalized spacial score (nSPS) is 50.1. The van der Waals surface area contributed by atoms with Gasteiger partial charge >= 0.3 is 0 Å². The summed E-state index contributed by atoms with van der Waals surface area (Å²) in [6, 6.07) is 0. The van der Waals surface area contributed by atoms with Gasteiger partial charge in [-0.15, -0.1) is 0 Å². The lowest BCUT2D eigenvalue weighted by Crippen LogP contribution is -2.54. The molecule has 2 nitrogen and oxygen atoms in total. The van der Waals surface area contributed by atoms with E-state index in [9.17, 15) is 4.79 Å². The van der Waals surface area contributed by atoms with Crippen LogP contribution >= 0.6 is 0 Å². The molecule has 4 fully saturated rings. The van der Waals surface area contributed by atoms with Crippen LogP contribution in [0.1, 0.15) is 92.4 Å².